The van der Waals surface area contributed by atoms with Crippen LogP contribution in [-0.4, -0.2) is 35.4 Å². The molecule has 0 aliphatic rings. The van der Waals surface area contributed by atoms with Crippen LogP contribution in [0.3, 0.4) is 0 Å². The third-order valence-corrected chi connectivity index (χ3v) is 2.89. The molecule has 118 valence electrons. The lowest BCUT2D eigenvalue weighted by Gasteiger charge is -2.21. The molecule has 1 rings (SSSR count). The van der Waals surface area contributed by atoms with E-state index in [4.69, 9.17) is 5.84 Å². The third kappa shape index (κ3) is 4.48. The number of alkyl halides is 3. The first-order chi connectivity index (χ1) is 9.68. The van der Waals surface area contributed by atoms with Crippen molar-refractivity contribution >= 4 is 17.5 Å². The average molecular weight is 305 g/mol. The first kappa shape index (κ1) is 17.0. The minimum atomic E-state index is -4.53. The van der Waals surface area contributed by atoms with Crippen LogP contribution in [0.2, 0.25) is 0 Å². The average Bonchev–Trinajstić information content (AvgIpc) is 2.44. The van der Waals surface area contributed by atoms with Crippen LogP contribution in [-0.2, 0) is 11.0 Å². The third-order valence-electron chi connectivity index (χ3n) is 2.89. The zero-order chi connectivity index (χ0) is 16.2. The summed E-state index contributed by atoms with van der Waals surface area (Å²) < 4.78 is 38.3. The Labute approximate surface area is 120 Å². The molecule has 0 saturated carbocycles. The lowest BCUT2D eigenvalue weighted by molar-refractivity contribution is -0.137. The topological polar surface area (TPSA) is 83.3 Å². The number of nitrogens with two attached hydrogens (primary N) is 1. The summed E-state index contributed by atoms with van der Waals surface area (Å²) >= 11 is 0. The van der Waals surface area contributed by atoms with Crippen LogP contribution in [0, 0.1) is 0 Å². The molecule has 0 aromatic carbocycles. The normalized spacial score (nSPS) is 12.7. The summed E-state index contributed by atoms with van der Waals surface area (Å²) in [4.78, 5) is 17.2. The molecule has 0 radical (unpaired) electrons. The molecule has 0 saturated heterocycles. The highest BCUT2D eigenvalue weighted by atomic mass is 19.4. The predicted molar refractivity (Wildman–Crippen MR) is 73.4 cm³/mol. The van der Waals surface area contributed by atoms with Crippen LogP contribution in [0.1, 0.15) is 19.4 Å². The summed E-state index contributed by atoms with van der Waals surface area (Å²) in [6.45, 7) is 3.84. The second-order valence-electron chi connectivity index (χ2n) is 4.49. The number of pyridine rings is 1. The van der Waals surface area contributed by atoms with Gasteiger partial charge in [-0.15, -0.1) is 0 Å². The Balaban J connectivity index is 3.00. The fourth-order valence-corrected chi connectivity index (χ4v) is 1.61. The van der Waals surface area contributed by atoms with Gasteiger partial charge in [-0.05, 0) is 26.0 Å². The summed E-state index contributed by atoms with van der Waals surface area (Å²) in [7, 11) is 1.60. The highest BCUT2D eigenvalue weighted by molar-refractivity contribution is 5.83. The Morgan fingerprint density at radius 1 is 1.43 bits per heavy atom. The van der Waals surface area contributed by atoms with Crippen molar-refractivity contribution in [1.82, 2.24) is 9.88 Å². The summed E-state index contributed by atoms with van der Waals surface area (Å²) in [5, 5.41) is 2.65. The van der Waals surface area contributed by atoms with E-state index in [9.17, 15) is 18.0 Å². The van der Waals surface area contributed by atoms with E-state index in [-0.39, 0.29) is 17.5 Å². The lowest BCUT2D eigenvalue weighted by Crippen LogP contribution is -2.39. The molecular weight excluding hydrogens is 287 g/mol. The molecule has 1 aromatic heterocycles. The lowest BCUT2D eigenvalue weighted by atomic mass is 10.2. The van der Waals surface area contributed by atoms with Gasteiger partial charge in [0.2, 0.25) is 5.91 Å². The van der Waals surface area contributed by atoms with Crippen molar-refractivity contribution in [2.75, 3.05) is 24.3 Å². The van der Waals surface area contributed by atoms with E-state index in [2.05, 4.69) is 15.7 Å². The van der Waals surface area contributed by atoms with Crippen molar-refractivity contribution in [1.29, 1.82) is 0 Å². The van der Waals surface area contributed by atoms with E-state index in [0.717, 1.165) is 12.1 Å². The molecule has 1 unspecified atom stereocenters. The van der Waals surface area contributed by atoms with Gasteiger partial charge in [0.25, 0.3) is 0 Å². The number of aromatic nitrogens is 1. The van der Waals surface area contributed by atoms with Gasteiger partial charge in [-0.2, -0.15) is 13.2 Å². The van der Waals surface area contributed by atoms with Gasteiger partial charge in [0.05, 0.1) is 5.56 Å². The van der Waals surface area contributed by atoms with Crippen molar-refractivity contribution in [2.45, 2.75) is 26.1 Å². The molecule has 1 aromatic rings. The number of nitrogens with zero attached hydrogens (tertiary/aromatic N) is 2. The maximum atomic E-state index is 12.8. The largest absolute Gasteiger partial charge is 0.416 e. The Kier molecular flexibility index (Phi) is 5.36. The number of hydrogen-bond donors (Lipinski definition) is 3. The number of anilines is 2. The number of nitrogens with one attached hydrogen (secondary N) is 2. The number of likely N-dealkylation sites (N-methyl/N-ethyl adjacent to an activating group) is 1. The predicted octanol–water partition coefficient (Wildman–Crippen LogP) is 1.66. The number of rotatable bonds is 5. The van der Waals surface area contributed by atoms with Crippen molar-refractivity contribution in [3.63, 3.8) is 0 Å². The van der Waals surface area contributed by atoms with Crippen molar-refractivity contribution in [3.8, 4) is 0 Å². The smallest absolute Gasteiger partial charge is 0.359 e. The minimum absolute atomic E-state index is 0.0804. The Morgan fingerprint density at radius 2 is 2.00 bits per heavy atom. The van der Waals surface area contributed by atoms with E-state index < -0.39 is 17.8 Å². The second kappa shape index (κ2) is 6.61. The van der Waals surface area contributed by atoms with Gasteiger partial charge in [0, 0.05) is 13.6 Å². The quantitative estimate of drug-likeness (QED) is 0.569. The van der Waals surface area contributed by atoms with E-state index in [1.807, 2.05) is 0 Å². The van der Waals surface area contributed by atoms with Crippen LogP contribution in [0.15, 0.2) is 12.1 Å². The maximum absolute atomic E-state index is 12.8. The molecule has 21 heavy (non-hydrogen) atoms. The van der Waals surface area contributed by atoms with Crippen LogP contribution in [0.25, 0.3) is 0 Å². The van der Waals surface area contributed by atoms with Crippen molar-refractivity contribution in [2.24, 2.45) is 5.84 Å². The van der Waals surface area contributed by atoms with Crippen LogP contribution < -0.4 is 16.6 Å². The Bertz CT molecular complexity index is 506. The maximum Gasteiger partial charge on any atom is 0.416 e. The number of amides is 1. The molecular formula is C12H18F3N5O. The molecule has 0 aliphatic heterocycles. The monoisotopic (exact) mass is 305 g/mol. The number of nitrogen functional groups attached to an aromatic ring is 1. The molecule has 6 nitrogen and oxygen atoms in total. The Morgan fingerprint density at radius 3 is 2.48 bits per heavy atom. The van der Waals surface area contributed by atoms with E-state index in [0.29, 0.717) is 6.54 Å². The van der Waals surface area contributed by atoms with Crippen LogP contribution in [0.5, 0.6) is 0 Å². The summed E-state index contributed by atoms with van der Waals surface area (Å²) in [5.74, 6) is 4.63. The number of carbonyl (C=O) groups is 1. The van der Waals surface area contributed by atoms with Gasteiger partial charge >= 0.3 is 6.18 Å². The molecule has 0 spiro atoms. The molecule has 1 amide bonds. The van der Waals surface area contributed by atoms with E-state index >= 15 is 0 Å². The minimum Gasteiger partial charge on any atom is -0.359 e. The standard InChI is InChI=1S/C12H18F3N5O/c1-4-20(3)11(21)7(2)17-9-5-8(12(13,14)15)6-10(18-9)19-16/h5-7H,4,16H2,1-3H3,(H2,17,18,19). The summed E-state index contributed by atoms with van der Waals surface area (Å²) in [5.41, 5.74) is 1.16. The Hall–Kier alpha value is -2.03. The van der Waals surface area contributed by atoms with E-state index in [1.165, 1.54) is 4.90 Å². The van der Waals surface area contributed by atoms with Crippen LogP contribution >= 0.6 is 0 Å². The fraction of sp³-hybridized carbons (Fsp3) is 0.500. The molecule has 9 heteroatoms. The molecule has 0 fully saturated rings. The van der Waals surface area contributed by atoms with Crippen molar-refractivity contribution in [3.05, 3.63) is 17.7 Å². The first-order valence-corrected chi connectivity index (χ1v) is 6.26. The summed E-state index contributed by atoms with van der Waals surface area (Å²) in [6, 6.07) is 0.906. The number of hydrazine groups is 1. The summed E-state index contributed by atoms with van der Waals surface area (Å²) in [6.07, 6.45) is -4.53. The molecule has 4 N–H and O–H groups in total. The number of hydrogen-bond acceptors (Lipinski definition) is 5. The molecule has 0 bridgehead atoms. The van der Waals surface area contributed by atoms with Crippen LogP contribution in [0.4, 0.5) is 24.8 Å². The second-order valence-corrected chi connectivity index (χ2v) is 4.49. The molecule has 1 atom stereocenters. The van der Waals surface area contributed by atoms with Gasteiger partial charge in [-0.1, -0.05) is 0 Å². The van der Waals surface area contributed by atoms with Gasteiger partial charge < -0.3 is 15.6 Å². The zero-order valence-corrected chi connectivity index (χ0v) is 12.0. The number of halogens is 3. The van der Waals surface area contributed by atoms with Gasteiger partial charge in [0.1, 0.15) is 17.7 Å². The van der Waals surface area contributed by atoms with Gasteiger partial charge in [-0.25, -0.2) is 10.8 Å². The van der Waals surface area contributed by atoms with Gasteiger partial charge in [0.15, 0.2) is 0 Å². The molecule has 0 aliphatic carbocycles. The van der Waals surface area contributed by atoms with Gasteiger partial charge in [-0.3, -0.25) is 4.79 Å². The number of carbonyl (C=O) groups excluding carboxylic acids is 1. The highest BCUT2D eigenvalue weighted by Gasteiger charge is 2.32. The SMILES string of the molecule is CCN(C)C(=O)C(C)Nc1cc(C(F)(F)F)cc(NN)n1. The zero-order valence-electron chi connectivity index (χ0n) is 12.0. The first-order valence-electron chi connectivity index (χ1n) is 6.26. The van der Waals surface area contributed by atoms with E-state index in [1.54, 1.807) is 20.9 Å². The molecule has 1 heterocycles. The highest BCUT2D eigenvalue weighted by Crippen LogP contribution is 2.32. The fourth-order valence-electron chi connectivity index (χ4n) is 1.61. The van der Waals surface area contributed by atoms with Crippen molar-refractivity contribution < 1.29 is 18.0 Å².